The Hall–Kier alpha value is -9.17. The highest BCUT2D eigenvalue weighted by Gasteiger charge is 2.39. The van der Waals surface area contributed by atoms with E-state index in [1.54, 1.807) is 56.7 Å². The second-order valence-corrected chi connectivity index (χ2v) is 27.8. The molecule has 0 radical (unpaired) electrons. The van der Waals surface area contributed by atoms with Gasteiger partial charge in [0.1, 0.15) is 23.0 Å². The van der Waals surface area contributed by atoms with Crippen LogP contribution in [0.1, 0.15) is 115 Å². The maximum atomic E-state index is 13.3. The molecule has 0 spiro atoms. The van der Waals surface area contributed by atoms with E-state index >= 15 is 0 Å². The molecule has 4 unspecified atom stereocenters. The van der Waals surface area contributed by atoms with Crippen LogP contribution in [0.4, 0.5) is 24.5 Å². The second-order valence-electron chi connectivity index (χ2n) is 26.0. The molecule has 15 nitrogen and oxygen atoms in total. The van der Waals surface area contributed by atoms with Gasteiger partial charge in [0.2, 0.25) is 0 Å². The standard InChI is InChI=1S/C22H25NO3.C21H21F3N2O3.C19H20O4S.C17H16O2/c1-15-3-5-16(6-4-15)11-18-12-17-13-20(23-7-9-26-10-8-23)21(25-2)14-19(17)22(18)24;1-28-19-12-15-13(11-18(19)26-5-7-29-8-6-26)9-14(20(15)27)10-17-16(21(22,23)24)3-2-4-25-17;1-3-24(21,22)23-17-8-9-18-15(12-17)11-16(19(18)20)10-14-6-4-13(2)5-7-14;1-11-2-4-12(5-3-11)8-14-9-13-10-15(18)6-7-16(13)17(14)19/h3-6,13-14,18H,7-12H2,1-2H3;2-4,11-12,14H,5-10H2,1H3;4-9,12,16H,3,10-11H2,1-2H3;2-7,10,14,18H,8-9H2,1H3. The van der Waals surface area contributed by atoms with Gasteiger partial charge in [0.05, 0.1) is 69.0 Å². The normalized spacial score (nSPS) is 18.5. The zero-order valence-corrected chi connectivity index (χ0v) is 56.9. The Kier molecular flexibility index (Phi) is 22.0. The van der Waals surface area contributed by atoms with Gasteiger partial charge in [-0.15, -0.1) is 0 Å². The number of hydrogen-bond acceptors (Lipinski definition) is 15. The Labute approximate surface area is 571 Å². The van der Waals surface area contributed by atoms with Crippen LogP contribution in [0.3, 0.4) is 0 Å². The number of benzene rings is 7. The smallest absolute Gasteiger partial charge is 0.418 e. The quantitative estimate of drug-likeness (QED) is 0.0954. The summed E-state index contributed by atoms with van der Waals surface area (Å²) in [7, 11) is -0.331. The number of hydrogen-bond donors (Lipinski definition) is 1. The summed E-state index contributed by atoms with van der Waals surface area (Å²) in [6.45, 7) is 13.5. The lowest BCUT2D eigenvalue weighted by molar-refractivity contribution is -0.138. The third kappa shape index (κ3) is 16.7. The van der Waals surface area contributed by atoms with E-state index in [2.05, 4.69) is 83.2 Å². The highest BCUT2D eigenvalue weighted by atomic mass is 32.2. The number of alkyl halides is 3. The minimum atomic E-state index is -4.50. The second kappa shape index (κ2) is 30.7. The molecule has 4 atom stereocenters. The zero-order chi connectivity index (χ0) is 69.4. The molecule has 1 N–H and O–H groups in total. The average Bonchev–Trinajstić information content (AvgIpc) is 1.61. The summed E-state index contributed by atoms with van der Waals surface area (Å²) >= 11 is 0. The van der Waals surface area contributed by atoms with E-state index in [0.29, 0.717) is 49.4 Å². The fraction of sp³-hybridized carbons (Fsp3) is 0.354. The molecule has 7 aromatic carbocycles. The highest BCUT2D eigenvalue weighted by molar-refractivity contribution is 7.87. The van der Waals surface area contributed by atoms with Gasteiger partial charge in [-0.3, -0.25) is 24.2 Å². The maximum Gasteiger partial charge on any atom is 0.418 e. The molecule has 6 aliphatic rings. The summed E-state index contributed by atoms with van der Waals surface area (Å²) in [6, 6.07) is 45.0. The summed E-state index contributed by atoms with van der Waals surface area (Å²) in [6.07, 6.45) is 1.60. The van der Waals surface area contributed by atoms with Crippen molar-refractivity contribution >= 4 is 44.6 Å². The summed E-state index contributed by atoms with van der Waals surface area (Å²) in [5.74, 6) is 1.59. The number of nitrogens with zero attached hydrogens (tertiary/aromatic N) is 3. The van der Waals surface area contributed by atoms with E-state index in [-0.39, 0.29) is 70.3 Å². The van der Waals surface area contributed by atoms with Gasteiger partial charge in [0.25, 0.3) is 0 Å². The summed E-state index contributed by atoms with van der Waals surface area (Å²) in [5, 5.41) is 9.48. The summed E-state index contributed by atoms with van der Waals surface area (Å²) in [5.41, 5.74) is 14.9. The molecule has 0 bridgehead atoms. The molecular weight excluding hydrogens is 1270 g/mol. The van der Waals surface area contributed by atoms with Gasteiger partial charge in [0, 0.05) is 84.7 Å². The monoisotopic (exact) mass is 1350 g/mol. The van der Waals surface area contributed by atoms with Crippen LogP contribution in [0.25, 0.3) is 0 Å². The Morgan fingerprint density at radius 1 is 0.510 bits per heavy atom. The fourth-order valence-electron chi connectivity index (χ4n) is 13.8. The van der Waals surface area contributed by atoms with Gasteiger partial charge in [-0.1, -0.05) is 89.5 Å². The number of ketones is 4. The van der Waals surface area contributed by atoms with Crippen molar-refractivity contribution in [2.75, 3.05) is 82.4 Å². The third-order valence-electron chi connectivity index (χ3n) is 19.1. The number of phenols is 1. The predicted molar refractivity (Wildman–Crippen MR) is 370 cm³/mol. The van der Waals surface area contributed by atoms with Crippen LogP contribution < -0.4 is 23.5 Å². The number of carbonyl (C=O) groups excluding carboxylic acids is 4. The van der Waals surface area contributed by atoms with Crippen LogP contribution in [0.2, 0.25) is 0 Å². The Morgan fingerprint density at radius 2 is 0.898 bits per heavy atom. The predicted octanol–water partition coefficient (Wildman–Crippen LogP) is 13.6. The van der Waals surface area contributed by atoms with Crippen molar-refractivity contribution in [1.82, 2.24) is 4.98 Å². The first-order valence-corrected chi connectivity index (χ1v) is 34.9. The van der Waals surface area contributed by atoms with E-state index in [4.69, 9.17) is 23.1 Å². The van der Waals surface area contributed by atoms with Crippen LogP contribution in [-0.4, -0.2) is 114 Å². The number of aromatic nitrogens is 1. The fourth-order valence-corrected chi connectivity index (χ4v) is 14.3. The molecule has 2 aliphatic heterocycles. The number of carbonyl (C=O) groups is 4. The lowest BCUT2D eigenvalue weighted by atomic mass is 9.95. The molecular formula is C79H82F3N3O12S. The molecule has 2 fully saturated rings. The van der Waals surface area contributed by atoms with Gasteiger partial charge in [0.15, 0.2) is 23.1 Å². The molecule has 8 aromatic rings. The molecule has 3 heterocycles. The van der Waals surface area contributed by atoms with Gasteiger partial charge < -0.3 is 38.0 Å². The summed E-state index contributed by atoms with van der Waals surface area (Å²) < 4.78 is 90.0. The number of aromatic hydroxyl groups is 1. The van der Waals surface area contributed by atoms with Crippen LogP contribution in [0.5, 0.6) is 23.0 Å². The van der Waals surface area contributed by atoms with E-state index in [9.17, 15) is 45.9 Å². The first-order chi connectivity index (χ1) is 47.0. The van der Waals surface area contributed by atoms with Gasteiger partial charge in [-0.2, -0.15) is 21.6 Å². The molecule has 19 heteroatoms. The topological polar surface area (TPSA) is 188 Å². The minimum Gasteiger partial charge on any atom is -0.508 e. The number of ether oxygens (including phenoxy) is 4. The number of fused-ring (bicyclic) bond motifs is 4. The van der Waals surface area contributed by atoms with Crippen molar-refractivity contribution in [2.45, 2.75) is 85.2 Å². The van der Waals surface area contributed by atoms with Crippen molar-refractivity contribution in [3.8, 4) is 23.0 Å². The maximum absolute atomic E-state index is 13.3. The van der Waals surface area contributed by atoms with Crippen molar-refractivity contribution in [2.24, 2.45) is 23.7 Å². The molecule has 0 amide bonds. The minimum absolute atomic E-state index is 0.0134. The lowest BCUT2D eigenvalue weighted by Crippen LogP contribution is -2.36. The molecule has 512 valence electrons. The number of phenolic OH excluding ortho intramolecular Hbond substituents is 1. The molecule has 1 aromatic heterocycles. The lowest BCUT2D eigenvalue weighted by Gasteiger charge is -2.30. The van der Waals surface area contributed by atoms with Crippen LogP contribution in [0, 0.1) is 44.4 Å². The average molecular weight is 1350 g/mol. The van der Waals surface area contributed by atoms with E-state index in [1.165, 1.54) is 47.0 Å². The zero-order valence-electron chi connectivity index (χ0n) is 56.1. The molecule has 14 rings (SSSR count). The first kappa shape index (κ1) is 70.2. The van der Waals surface area contributed by atoms with E-state index in [1.807, 2.05) is 43.3 Å². The molecule has 98 heavy (non-hydrogen) atoms. The Balaban J connectivity index is 0.000000134. The number of aryl methyl sites for hydroxylation is 3. The number of morpholine rings is 2. The first-order valence-electron chi connectivity index (χ1n) is 33.3. The number of anilines is 2. The van der Waals surface area contributed by atoms with Crippen molar-refractivity contribution < 1.29 is 69.0 Å². The summed E-state index contributed by atoms with van der Waals surface area (Å²) in [4.78, 5) is 59.1. The van der Waals surface area contributed by atoms with Crippen LogP contribution in [0.15, 0.2) is 152 Å². The molecule has 0 saturated carbocycles. The van der Waals surface area contributed by atoms with Crippen molar-refractivity contribution in [3.05, 3.63) is 241 Å². The Morgan fingerprint density at radius 3 is 1.31 bits per heavy atom. The number of halogens is 3. The van der Waals surface area contributed by atoms with E-state index in [0.717, 1.165) is 127 Å². The number of methoxy groups -OCH3 is 2. The van der Waals surface area contributed by atoms with Gasteiger partial charge in [-0.25, -0.2) is 0 Å². The Bertz CT molecular complexity index is 4340. The van der Waals surface area contributed by atoms with E-state index < -0.39 is 27.8 Å². The number of rotatable bonds is 15. The number of pyridine rings is 1. The molecule has 2 saturated heterocycles. The van der Waals surface area contributed by atoms with Crippen molar-refractivity contribution in [3.63, 3.8) is 0 Å². The largest absolute Gasteiger partial charge is 0.508 e. The van der Waals surface area contributed by atoms with Crippen molar-refractivity contribution in [1.29, 1.82) is 0 Å². The number of Topliss-reactive ketones (excluding diaryl/α,β-unsaturated/α-hetero) is 4. The highest BCUT2D eigenvalue weighted by Crippen LogP contribution is 2.42. The third-order valence-corrected chi connectivity index (χ3v) is 20.3. The SMILES string of the molecule is CCS(=O)(=O)Oc1ccc2c(c1)CC(Cc1ccc(C)cc1)C2=O.COc1cc2c(cc1N1CCOCC1)CC(Cc1ccc(C)cc1)C2=O.COc1cc2c(cc1N1CCOCC1)CC(Cc1ncccc1C(F)(F)F)C2=O.Cc1ccc(CC2Cc3cc(O)ccc3C2=O)cc1. The van der Waals surface area contributed by atoms with Crippen LogP contribution >= 0.6 is 0 Å². The van der Waals surface area contributed by atoms with Crippen LogP contribution in [-0.2, 0) is 77.1 Å². The van der Waals surface area contributed by atoms with Gasteiger partial charge in [-0.05, 0) is 184 Å². The van der Waals surface area contributed by atoms with Gasteiger partial charge >= 0.3 is 16.3 Å². The molecule has 4 aliphatic carbocycles.